The molecule has 1 heterocycles. The van der Waals surface area contributed by atoms with Crippen LogP contribution in [0.2, 0.25) is 5.02 Å². The number of ether oxygens (including phenoxy) is 1. The summed E-state index contributed by atoms with van der Waals surface area (Å²) in [6, 6.07) is 21.9. The number of benzene rings is 4. The Balaban J connectivity index is 1.26. The van der Waals surface area contributed by atoms with Crippen molar-refractivity contribution in [3.05, 3.63) is 106 Å². The number of nitriles is 1. The van der Waals surface area contributed by atoms with E-state index in [-0.39, 0.29) is 49.9 Å². The summed E-state index contributed by atoms with van der Waals surface area (Å²) >= 11 is 6.46. The number of oxazole rings is 1. The van der Waals surface area contributed by atoms with E-state index in [1.165, 1.54) is 41.3 Å². The lowest BCUT2D eigenvalue weighted by molar-refractivity contribution is -0.142. The SMILES string of the molecule is Cc1cc(N(C(=O)OC(C(=O)Nc2cc(NS(=O)(=O)c3cccc(NS(C)(=O)=O)c3)ccc2Cl)C(=O)C(C)(C)C)C2CCCC2)ccc1C=C(C#N)c1nc2cc(C(C)(C)C)ccc2o1. The fourth-order valence-corrected chi connectivity index (χ4v) is 9.04. The molecule has 2 amide bonds. The quantitative estimate of drug-likeness (QED) is 0.0745. The summed E-state index contributed by atoms with van der Waals surface area (Å²) in [6.07, 6.45) is 2.67. The highest BCUT2D eigenvalue weighted by atomic mass is 35.5. The number of carbonyl (C=O) groups excluding carboxylic acids is 3. The zero-order valence-corrected chi connectivity index (χ0v) is 39.7. The second kappa shape index (κ2) is 18.7. The maximum atomic E-state index is 14.4. The summed E-state index contributed by atoms with van der Waals surface area (Å²) in [5.41, 5.74) is 2.92. The fourth-order valence-electron chi connectivity index (χ4n) is 7.22. The van der Waals surface area contributed by atoms with Crippen LogP contribution in [-0.2, 0) is 39.8 Å². The topological polar surface area (TPSA) is 218 Å². The molecule has 1 aliphatic rings. The summed E-state index contributed by atoms with van der Waals surface area (Å²) in [5.74, 6) is -1.57. The lowest BCUT2D eigenvalue weighted by atomic mass is 9.87. The zero-order valence-electron chi connectivity index (χ0n) is 37.3. The molecule has 1 atom stereocenters. The number of halogens is 1. The lowest BCUT2D eigenvalue weighted by Crippen LogP contribution is -2.48. The minimum Gasteiger partial charge on any atom is -0.435 e. The van der Waals surface area contributed by atoms with E-state index in [1.807, 2.05) is 25.1 Å². The molecule has 4 aromatic carbocycles. The number of hydrogen-bond donors (Lipinski definition) is 3. The standard InChI is InChI=1S/C47H51ClN6O9S2/c1-28-22-35(19-16-29(28)23-30(27-49)44-51-39-24-31(46(2,3)4)17-21-40(39)62-44)54(34-13-9-10-14-34)45(57)63-41(42(55)47(5,6)7)43(56)50-38-26-33(18-20-37(38)48)53-65(60,61)36-15-11-12-32(25-36)52-64(8,58)59/h11-12,15-26,34,41,52-53H,9-10,13-14H2,1-8H3,(H,50,56). The third-order valence-electron chi connectivity index (χ3n) is 10.7. The first-order valence-corrected chi connectivity index (χ1v) is 24.5. The van der Waals surface area contributed by atoms with Crippen LogP contribution in [0.5, 0.6) is 0 Å². The molecule has 6 rings (SSSR count). The van der Waals surface area contributed by atoms with Crippen molar-refractivity contribution in [2.24, 2.45) is 5.41 Å². The molecule has 0 aliphatic heterocycles. The third kappa shape index (κ3) is 11.7. The maximum absolute atomic E-state index is 14.4. The minimum absolute atomic E-state index is 0.0172. The number of aromatic nitrogens is 1. The molecule has 1 aliphatic carbocycles. The van der Waals surface area contributed by atoms with Gasteiger partial charge in [-0.2, -0.15) is 5.26 Å². The summed E-state index contributed by atoms with van der Waals surface area (Å²) in [7, 11) is -7.98. The van der Waals surface area contributed by atoms with Gasteiger partial charge >= 0.3 is 6.09 Å². The van der Waals surface area contributed by atoms with Crippen LogP contribution in [0.3, 0.4) is 0 Å². The average molecular weight is 944 g/mol. The smallest absolute Gasteiger partial charge is 0.415 e. The molecule has 0 radical (unpaired) electrons. The van der Waals surface area contributed by atoms with Gasteiger partial charge in [0.2, 0.25) is 22.0 Å². The van der Waals surface area contributed by atoms with Crippen LogP contribution in [0.25, 0.3) is 22.7 Å². The molecular formula is C47H51ClN6O9S2. The molecule has 3 N–H and O–H groups in total. The van der Waals surface area contributed by atoms with Crippen LogP contribution in [-0.4, -0.2) is 58.0 Å². The first-order chi connectivity index (χ1) is 30.3. The molecule has 18 heteroatoms. The van der Waals surface area contributed by atoms with Crippen LogP contribution in [0.1, 0.15) is 89.8 Å². The predicted molar refractivity (Wildman–Crippen MR) is 253 cm³/mol. The van der Waals surface area contributed by atoms with E-state index in [0.717, 1.165) is 30.7 Å². The van der Waals surface area contributed by atoms with E-state index in [1.54, 1.807) is 45.0 Å². The van der Waals surface area contributed by atoms with Gasteiger partial charge in [-0.25, -0.2) is 26.6 Å². The van der Waals surface area contributed by atoms with Gasteiger partial charge in [-0.15, -0.1) is 0 Å². The Morgan fingerprint density at radius 3 is 2.25 bits per heavy atom. The van der Waals surface area contributed by atoms with Gasteiger partial charge in [0.05, 0.1) is 27.5 Å². The van der Waals surface area contributed by atoms with Gasteiger partial charge in [0, 0.05) is 22.8 Å². The Hall–Kier alpha value is -6.22. The van der Waals surface area contributed by atoms with Gasteiger partial charge in [-0.05, 0) is 109 Å². The summed E-state index contributed by atoms with van der Waals surface area (Å²) in [6.45, 7) is 12.9. The monoisotopic (exact) mass is 942 g/mol. The number of rotatable bonds is 13. The zero-order chi connectivity index (χ0) is 47.6. The third-order valence-corrected chi connectivity index (χ3v) is 13.0. The molecule has 0 bridgehead atoms. The van der Waals surface area contributed by atoms with Gasteiger partial charge in [0.15, 0.2) is 11.4 Å². The van der Waals surface area contributed by atoms with E-state index in [9.17, 15) is 36.5 Å². The Morgan fingerprint density at radius 1 is 0.923 bits per heavy atom. The van der Waals surface area contributed by atoms with Crippen LogP contribution in [0.15, 0.2) is 88.2 Å². The normalized spacial score (nSPS) is 14.4. The summed E-state index contributed by atoms with van der Waals surface area (Å²) < 4.78 is 66.6. The Kier molecular flexibility index (Phi) is 13.9. The van der Waals surface area contributed by atoms with Gasteiger partial charge in [0.1, 0.15) is 17.2 Å². The van der Waals surface area contributed by atoms with Gasteiger partial charge in [-0.3, -0.25) is 23.9 Å². The lowest BCUT2D eigenvalue weighted by Gasteiger charge is -2.31. The molecule has 0 spiro atoms. The fraction of sp³-hybridized carbons (Fsp3) is 0.340. The van der Waals surface area contributed by atoms with Crippen LogP contribution in [0, 0.1) is 23.7 Å². The Morgan fingerprint density at radius 2 is 1.62 bits per heavy atom. The first-order valence-electron chi connectivity index (χ1n) is 20.7. The van der Waals surface area contributed by atoms with E-state index in [0.29, 0.717) is 40.8 Å². The van der Waals surface area contributed by atoms with Crippen LogP contribution >= 0.6 is 11.6 Å². The number of Topliss-reactive ketones (excluding diaryl/α,β-unsaturated/α-hetero) is 1. The van der Waals surface area contributed by atoms with E-state index in [2.05, 4.69) is 46.6 Å². The molecule has 1 saturated carbocycles. The van der Waals surface area contributed by atoms with Gasteiger partial charge < -0.3 is 14.5 Å². The number of carbonyl (C=O) groups is 3. The van der Waals surface area contributed by atoms with Crippen molar-refractivity contribution in [3.8, 4) is 6.07 Å². The predicted octanol–water partition coefficient (Wildman–Crippen LogP) is 9.83. The van der Waals surface area contributed by atoms with Crippen molar-refractivity contribution in [1.82, 2.24) is 4.98 Å². The van der Waals surface area contributed by atoms with E-state index < -0.39 is 49.3 Å². The number of allylic oxidation sites excluding steroid dienone is 1. The second-order valence-electron chi connectivity index (χ2n) is 18.0. The number of ketones is 1. The number of nitrogens with zero attached hydrogens (tertiary/aromatic N) is 3. The molecule has 0 saturated heterocycles. The average Bonchev–Trinajstić information content (AvgIpc) is 3.90. The summed E-state index contributed by atoms with van der Waals surface area (Å²) in [4.78, 5) is 48.2. The van der Waals surface area contributed by atoms with Crippen molar-refractivity contribution >= 4 is 94.9 Å². The van der Waals surface area contributed by atoms with Crippen molar-refractivity contribution < 1.29 is 40.4 Å². The van der Waals surface area contributed by atoms with Crippen LogP contribution in [0.4, 0.5) is 27.5 Å². The number of hydrogen-bond acceptors (Lipinski definition) is 11. The molecule has 1 unspecified atom stereocenters. The molecule has 1 fully saturated rings. The second-order valence-corrected chi connectivity index (χ2v) is 21.9. The highest BCUT2D eigenvalue weighted by Gasteiger charge is 2.41. The Labute approximate surface area is 384 Å². The minimum atomic E-state index is -4.29. The van der Waals surface area contributed by atoms with Crippen molar-refractivity contribution in [3.63, 3.8) is 0 Å². The molecule has 5 aromatic rings. The van der Waals surface area contributed by atoms with Crippen molar-refractivity contribution in [2.75, 3.05) is 25.9 Å². The largest absolute Gasteiger partial charge is 0.435 e. The summed E-state index contributed by atoms with van der Waals surface area (Å²) in [5, 5.41) is 12.7. The number of aryl methyl sites for hydroxylation is 1. The van der Waals surface area contributed by atoms with Crippen molar-refractivity contribution in [2.45, 2.75) is 96.6 Å². The number of sulfonamides is 2. The molecule has 342 valence electrons. The number of fused-ring (bicyclic) bond motifs is 1. The van der Waals surface area contributed by atoms with Gasteiger partial charge in [0.25, 0.3) is 15.9 Å². The van der Waals surface area contributed by atoms with Crippen LogP contribution < -0.4 is 19.7 Å². The highest BCUT2D eigenvalue weighted by Crippen LogP contribution is 2.34. The maximum Gasteiger partial charge on any atom is 0.415 e. The molecule has 15 nitrogen and oxygen atoms in total. The van der Waals surface area contributed by atoms with Crippen molar-refractivity contribution in [1.29, 1.82) is 5.26 Å². The van der Waals surface area contributed by atoms with Gasteiger partial charge in [-0.1, -0.05) is 84.2 Å². The first kappa shape index (κ1) is 48.2. The molecular weight excluding hydrogens is 892 g/mol. The number of anilines is 4. The molecule has 65 heavy (non-hydrogen) atoms. The van der Waals surface area contributed by atoms with E-state index in [4.69, 9.17) is 20.8 Å². The Bertz CT molecular complexity index is 2980. The van der Waals surface area contributed by atoms with E-state index >= 15 is 0 Å². The number of amides is 2. The highest BCUT2D eigenvalue weighted by molar-refractivity contribution is 7.93. The number of nitrogens with one attached hydrogen (secondary N) is 3. The molecule has 1 aromatic heterocycles.